The van der Waals surface area contributed by atoms with Gasteiger partial charge < -0.3 is 10.0 Å². The number of nitro benzene ring substituents is 1. The lowest BCUT2D eigenvalue weighted by Gasteiger charge is -2.38. The second-order valence-electron chi connectivity index (χ2n) is 5.40. The van der Waals surface area contributed by atoms with Crippen molar-refractivity contribution in [3.05, 3.63) is 33.9 Å². The summed E-state index contributed by atoms with van der Waals surface area (Å²) in [5, 5.41) is 20.3. The van der Waals surface area contributed by atoms with Crippen LogP contribution >= 0.6 is 0 Å². The summed E-state index contributed by atoms with van der Waals surface area (Å²) >= 11 is 0. The van der Waals surface area contributed by atoms with Crippen molar-refractivity contribution < 1.29 is 14.8 Å². The van der Waals surface area contributed by atoms with E-state index in [2.05, 4.69) is 6.92 Å². The molecule has 6 nitrogen and oxygen atoms in total. The van der Waals surface area contributed by atoms with Crippen LogP contribution in [0.2, 0.25) is 0 Å². The molecule has 1 fully saturated rings. The molecule has 0 amide bonds. The summed E-state index contributed by atoms with van der Waals surface area (Å²) in [4.78, 5) is 23.9. The third-order valence-electron chi connectivity index (χ3n) is 3.98. The molecule has 0 bridgehead atoms. The Morgan fingerprint density at radius 3 is 2.86 bits per heavy atom. The van der Waals surface area contributed by atoms with Gasteiger partial charge >= 0.3 is 5.97 Å². The maximum atomic E-state index is 11.4. The smallest absolute Gasteiger partial charge is 0.337 e. The molecule has 1 N–H and O–H groups in total. The maximum Gasteiger partial charge on any atom is 0.337 e. The predicted octanol–water partition coefficient (Wildman–Crippen LogP) is 3.45. The SMILES string of the molecule is CCCC1CCCCN1c1cc([N+](=O)[O-])ccc1C(=O)O. The number of nitrogens with zero attached hydrogens (tertiary/aromatic N) is 2. The summed E-state index contributed by atoms with van der Waals surface area (Å²) in [5.41, 5.74) is 0.564. The Balaban J connectivity index is 2.44. The second-order valence-corrected chi connectivity index (χ2v) is 5.40. The summed E-state index contributed by atoms with van der Waals surface area (Å²) < 4.78 is 0. The third kappa shape index (κ3) is 3.32. The van der Waals surface area contributed by atoms with Crippen molar-refractivity contribution in [1.82, 2.24) is 0 Å². The lowest BCUT2D eigenvalue weighted by atomic mass is 9.96. The minimum atomic E-state index is -1.04. The molecule has 2 rings (SSSR count). The van der Waals surface area contributed by atoms with E-state index in [4.69, 9.17) is 0 Å². The predicted molar refractivity (Wildman–Crippen MR) is 79.9 cm³/mol. The third-order valence-corrected chi connectivity index (χ3v) is 3.98. The largest absolute Gasteiger partial charge is 0.478 e. The molecule has 1 aromatic rings. The highest BCUT2D eigenvalue weighted by atomic mass is 16.6. The van der Waals surface area contributed by atoms with Crippen LogP contribution in [0, 0.1) is 10.1 Å². The Kier molecular flexibility index (Phi) is 4.77. The average molecular weight is 292 g/mol. The van der Waals surface area contributed by atoms with E-state index in [1.165, 1.54) is 18.2 Å². The molecule has 114 valence electrons. The lowest BCUT2D eigenvalue weighted by molar-refractivity contribution is -0.384. The number of carbonyl (C=O) groups is 1. The van der Waals surface area contributed by atoms with E-state index in [9.17, 15) is 20.0 Å². The summed E-state index contributed by atoms with van der Waals surface area (Å²) in [6.45, 7) is 2.85. The number of benzene rings is 1. The van der Waals surface area contributed by atoms with E-state index in [1.54, 1.807) is 0 Å². The quantitative estimate of drug-likeness (QED) is 0.663. The van der Waals surface area contributed by atoms with Crippen LogP contribution < -0.4 is 4.90 Å². The minimum absolute atomic E-state index is 0.0594. The van der Waals surface area contributed by atoms with Crippen molar-refractivity contribution >= 4 is 17.3 Å². The summed E-state index contributed by atoms with van der Waals surface area (Å²) in [7, 11) is 0. The Bertz CT molecular complexity index is 542. The van der Waals surface area contributed by atoms with E-state index in [1.807, 2.05) is 4.90 Å². The second kappa shape index (κ2) is 6.56. The van der Waals surface area contributed by atoms with Gasteiger partial charge in [-0.2, -0.15) is 0 Å². The zero-order chi connectivity index (χ0) is 15.4. The average Bonchev–Trinajstić information content (AvgIpc) is 2.47. The highest BCUT2D eigenvalue weighted by Crippen LogP contribution is 2.32. The number of nitro groups is 1. The zero-order valence-electron chi connectivity index (χ0n) is 12.1. The fourth-order valence-electron chi connectivity index (χ4n) is 3.00. The van der Waals surface area contributed by atoms with Gasteiger partial charge in [-0.3, -0.25) is 10.1 Å². The van der Waals surface area contributed by atoms with Crippen LogP contribution in [0.1, 0.15) is 49.4 Å². The summed E-state index contributed by atoms with van der Waals surface area (Å²) in [5.74, 6) is -1.04. The van der Waals surface area contributed by atoms with Crippen LogP contribution in [-0.4, -0.2) is 28.6 Å². The van der Waals surface area contributed by atoms with Crippen LogP contribution in [-0.2, 0) is 0 Å². The fourth-order valence-corrected chi connectivity index (χ4v) is 3.00. The fraction of sp³-hybridized carbons (Fsp3) is 0.533. The number of piperidine rings is 1. The number of non-ortho nitro benzene ring substituents is 1. The Hall–Kier alpha value is -2.11. The molecule has 1 aliphatic rings. The number of hydrogen-bond donors (Lipinski definition) is 1. The van der Waals surface area contributed by atoms with Crippen molar-refractivity contribution in [2.24, 2.45) is 0 Å². The number of rotatable bonds is 5. The first-order chi connectivity index (χ1) is 10.0. The molecule has 1 aromatic carbocycles. The topological polar surface area (TPSA) is 83.7 Å². The van der Waals surface area contributed by atoms with Crippen LogP contribution in [0.15, 0.2) is 18.2 Å². The maximum absolute atomic E-state index is 11.4. The van der Waals surface area contributed by atoms with Gasteiger partial charge in [0.15, 0.2) is 0 Å². The molecular weight excluding hydrogens is 272 g/mol. The van der Waals surface area contributed by atoms with Crippen LogP contribution in [0.4, 0.5) is 11.4 Å². The molecule has 0 aliphatic carbocycles. The zero-order valence-corrected chi connectivity index (χ0v) is 12.1. The van der Waals surface area contributed by atoms with E-state index < -0.39 is 10.9 Å². The summed E-state index contributed by atoms with van der Waals surface area (Å²) in [6.07, 6.45) is 5.11. The molecule has 6 heteroatoms. The van der Waals surface area contributed by atoms with E-state index in [0.717, 1.165) is 38.6 Å². The standard InChI is InChI=1S/C15H20N2O4/c1-2-5-11-6-3-4-9-16(11)14-10-12(17(20)21)7-8-13(14)15(18)19/h7-8,10-11H,2-6,9H2,1H3,(H,18,19). The molecule has 0 radical (unpaired) electrons. The van der Waals surface area contributed by atoms with Crippen LogP contribution in [0.5, 0.6) is 0 Å². The van der Waals surface area contributed by atoms with Gasteiger partial charge in [0, 0.05) is 24.7 Å². The molecule has 1 aliphatic heterocycles. The minimum Gasteiger partial charge on any atom is -0.478 e. The van der Waals surface area contributed by atoms with Gasteiger partial charge in [-0.15, -0.1) is 0 Å². The molecule has 1 atom stereocenters. The van der Waals surface area contributed by atoms with Gasteiger partial charge in [0.2, 0.25) is 0 Å². The molecule has 1 heterocycles. The Morgan fingerprint density at radius 1 is 1.48 bits per heavy atom. The molecule has 0 saturated carbocycles. The van der Waals surface area contributed by atoms with Gasteiger partial charge in [-0.05, 0) is 31.7 Å². The van der Waals surface area contributed by atoms with E-state index in [0.29, 0.717) is 5.69 Å². The molecular formula is C15H20N2O4. The van der Waals surface area contributed by atoms with Crippen molar-refractivity contribution in [1.29, 1.82) is 0 Å². The van der Waals surface area contributed by atoms with E-state index in [-0.39, 0.29) is 17.3 Å². The number of carboxylic acid groups (broad SMARTS) is 1. The number of anilines is 1. The first-order valence-electron chi connectivity index (χ1n) is 7.33. The first kappa shape index (κ1) is 15.3. The van der Waals surface area contributed by atoms with Crippen molar-refractivity contribution in [3.8, 4) is 0 Å². The van der Waals surface area contributed by atoms with Crippen molar-refractivity contribution in [2.75, 3.05) is 11.4 Å². The monoisotopic (exact) mass is 292 g/mol. The van der Waals surface area contributed by atoms with Gasteiger partial charge in [-0.1, -0.05) is 13.3 Å². The molecule has 0 spiro atoms. The van der Waals surface area contributed by atoms with Crippen LogP contribution in [0.25, 0.3) is 0 Å². The highest BCUT2D eigenvalue weighted by molar-refractivity contribution is 5.95. The number of aromatic carboxylic acids is 1. The van der Waals surface area contributed by atoms with Crippen molar-refractivity contribution in [2.45, 2.75) is 45.1 Å². The lowest BCUT2D eigenvalue weighted by Crippen LogP contribution is -2.40. The Labute approximate surface area is 123 Å². The van der Waals surface area contributed by atoms with Gasteiger partial charge in [0.05, 0.1) is 16.2 Å². The molecule has 1 saturated heterocycles. The normalized spacial score (nSPS) is 18.5. The van der Waals surface area contributed by atoms with Crippen molar-refractivity contribution in [3.63, 3.8) is 0 Å². The van der Waals surface area contributed by atoms with E-state index >= 15 is 0 Å². The first-order valence-corrected chi connectivity index (χ1v) is 7.33. The number of hydrogen-bond acceptors (Lipinski definition) is 4. The molecule has 0 aromatic heterocycles. The van der Waals surface area contributed by atoms with Crippen LogP contribution in [0.3, 0.4) is 0 Å². The highest BCUT2D eigenvalue weighted by Gasteiger charge is 2.27. The Morgan fingerprint density at radius 2 is 2.24 bits per heavy atom. The number of carboxylic acids is 1. The van der Waals surface area contributed by atoms with Gasteiger partial charge in [0.1, 0.15) is 0 Å². The summed E-state index contributed by atoms with van der Waals surface area (Å²) in [6, 6.07) is 4.26. The molecule has 1 unspecified atom stereocenters. The van der Waals surface area contributed by atoms with Gasteiger partial charge in [0.25, 0.3) is 5.69 Å². The van der Waals surface area contributed by atoms with Gasteiger partial charge in [-0.25, -0.2) is 4.79 Å². The molecule has 21 heavy (non-hydrogen) atoms.